The molecule has 6 heteroatoms. The Bertz CT molecular complexity index is 532. The average molecular weight is 263 g/mol. The minimum atomic E-state index is -1.03. The van der Waals surface area contributed by atoms with Gasteiger partial charge in [-0.15, -0.1) is 0 Å². The molecule has 1 rings (SSSR count). The van der Waals surface area contributed by atoms with Crippen LogP contribution >= 0.6 is 0 Å². The van der Waals surface area contributed by atoms with Crippen molar-refractivity contribution in [2.45, 2.75) is 20.0 Å². The lowest BCUT2D eigenvalue weighted by Gasteiger charge is -2.13. The highest BCUT2D eigenvalue weighted by Crippen LogP contribution is 2.31. The number of benzene rings is 1. The Hall–Kier alpha value is -2.55. The molecule has 0 unspecified atom stereocenters. The standard InChI is InChI=1S/C13H13NO5/c1-8(15)18-11-5-4-10(6-12(11)17-3)13(7-14)19-9(2)16/h4-6,13H,1-3H3/t13-/m1/s1. The van der Waals surface area contributed by atoms with Gasteiger partial charge in [-0.05, 0) is 12.1 Å². The SMILES string of the molecule is COc1cc([C@@H](C#N)OC(C)=O)ccc1OC(C)=O. The zero-order valence-electron chi connectivity index (χ0n) is 10.8. The number of carbonyl (C=O) groups is 2. The maximum absolute atomic E-state index is 10.9. The van der Waals surface area contributed by atoms with Gasteiger partial charge in [0.1, 0.15) is 6.07 Å². The third-order valence-electron chi connectivity index (χ3n) is 2.15. The normalized spacial score (nSPS) is 11.1. The molecule has 0 aliphatic heterocycles. The highest BCUT2D eigenvalue weighted by atomic mass is 16.6. The molecule has 0 spiro atoms. The van der Waals surface area contributed by atoms with Gasteiger partial charge in [0.2, 0.25) is 6.10 Å². The Morgan fingerprint density at radius 1 is 1.21 bits per heavy atom. The fourth-order valence-corrected chi connectivity index (χ4v) is 1.42. The third-order valence-corrected chi connectivity index (χ3v) is 2.15. The summed E-state index contributed by atoms with van der Waals surface area (Å²) >= 11 is 0. The van der Waals surface area contributed by atoms with Crippen molar-refractivity contribution in [2.24, 2.45) is 0 Å². The first-order valence-corrected chi connectivity index (χ1v) is 5.41. The summed E-state index contributed by atoms with van der Waals surface area (Å²) in [4.78, 5) is 21.8. The van der Waals surface area contributed by atoms with Crippen molar-refractivity contribution in [1.82, 2.24) is 0 Å². The van der Waals surface area contributed by atoms with Crippen molar-refractivity contribution in [1.29, 1.82) is 5.26 Å². The van der Waals surface area contributed by atoms with E-state index in [9.17, 15) is 9.59 Å². The highest BCUT2D eigenvalue weighted by Gasteiger charge is 2.17. The quantitative estimate of drug-likeness (QED) is 0.607. The summed E-state index contributed by atoms with van der Waals surface area (Å²) < 4.78 is 14.8. The predicted molar refractivity (Wildman–Crippen MR) is 64.4 cm³/mol. The van der Waals surface area contributed by atoms with Crippen LogP contribution in [0, 0.1) is 11.3 Å². The molecule has 0 aliphatic carbocycles. The second-order valence-corrected chi connectivity index (χ2v) is 3.62. The summed E-state index contributed by atoms with van der Waals surface area (Å²) in [5.74, 6) is -0.532. The molecule has 0 aromatic heterocycles. The molecule has 0 aliphatic rings. The molecule has 0 radical (unpaired) electrons. The summed E-state index contributed by atoms with van der Waals surface area (Å²) in [6.45, 7) is 2.49. The molecule has 0 saturated heterocycles. The molecule has 1 atom stereocenters. The van der Waals surface area contributed by atoms with Gasteiger partial charge in [-0.25, -0.2) is 0 Å². The molecule has 1 aromatic rings. The van der Waals surface area contributed by atoms with Crippen LogP contribution in [0.3, 0.4) is 0 Å². The van der Waals surface area contributed by atoms with E-state index in [1.165, 1.54) is 39.2 Å². The van der Waals surface area contributed by atoms with Gasteiger partial charge in [0, 0.05) is 19.4 Å². The average Bonchev–Trinajstić information content (AvgIpc) is 2.35. The van der Waals surface area contributed by atoms with E-state index in [1.54, 1.807) is 0 Å². The topological polar surface area (TPSA) is 85.6 Å². The van der Waals surface area contributed by atoms with Crippen molar-refractivity contribution >= 4 is 11.9 Å². The van der Waals surface area contributed by atoms with Crippen LogP contribution in [0.1, 0.15) is 25.5 Å². The first-order valence-electron chi connectivity index (χ1n) is 5.41. The number of nitrogens with zero attached hydrogens (tertiary/aromatic N) is 1. The van der Waals surface area contributed by atoms with Gasteiger partial charge in [-0.2, -0.15) is 5.26 Å². The van der Waals surface area contributed by atoms with Gasteiger partial charge < -0.3 is 14.2 Å². The van der Waals surface area contributed by atoms with Crippen LogP contribution in [0.5, 0.6) is 11.5 Å². The highest BCUT2D eigenvalue weighted by molar-refractivity contribution is 5.70. The molecule has 1 aromatic carbocycles. The van der Waals surface area contributed by atoms with Gasteiger partial charge in [-0.1, -0.05) is 6.07 Å². The van der Waals surface area contributed by atoms with Crippen LogP contribution < -0.4 is 9.47 Å². The minimum absolute atomic E-state index is 0.235. The van der Waals surface area contributed by atoms with Crippen LogP contribution in [0.15, 0.2) is 18.2 Å². The monoisotopic (exact) mass is 263 g/mol. The summed E-state index contributed by atoms with van der Waals surface area (Å²) in [5.41, 5.74) is 0.436. The molecule has 0 bridgehead atoms. The van der Waals surface area contributed by atoms with Crippen molar-refractivity contribution in [3.8, 4) is 17.6 Å². The van der Waals surface area contributed by atoms with E-state index in [-0.39, 0.29) is 11.5 Å². The second-order valence-electron chi connectivity index (χ2n) is 3.62. The van der Waals surface area contributed by atoms with Crippen LogP contribution in [0.25, 0.3) is 0 Å². The van der Waals surface area contributed by atoms with E-state index < -0.39 is 18.0 Å². The molecular weight excluding hydrogens is 250 g/mol. The molecule has 0 saturated carbocycles. The lowest BCUT2D eigenvalue weighted by atomic mass is 10.1. The predicted octanol–water partition coefficient (Wildman–Crippen LogP) is 1.75. The molecular formula is C13H13NO5. The van der Waals surface area contributed by atoms with Gasteiger partial charge in [0.25, 0.3) is 0 Å². The van der Waals surface area contributed by atoms with E-state index in [1.807, 2.05) is 6.07 Å². The first kappa shape index (κ1) is 14.5. The lowest BCUT2D eigenvalue weighted by Crippen LogP contribution is -2.08. The molecule has 0 heterocycles. The maximum atomic E-state index is 10.9. The van der Waals surface area contributed by atoms with Crippen LogP contribution in [-0.4, -0.2) is 19.0 Å². The minimum Gasteiger partial charge on any atom is -0.493 e. The second kappa shape index (κ2) is 6.40. The van der Waals surface area contributed by atoms with E-state index in [0.29, 0.717) is 5.56 Å². The third kappa shape index (κ3) is 4.00. The molecule has 0 fully saturated rings. The summed E-state index contributed by atoms with van der Waals surface area (Å²) in [5, 5.41) is 8.95. The number of hydrogen-bond donors (Lipinski definition) is 0. The number of ether oxygens (including phenoxy) is 3. The lowest BCUT2D eigenvalue weighted by molar-refractivity contribution is -0.144. The molecule has 6 nitrogen and oxygen atoms in total. The largest absolute Gasteiger partial charge is 0.493 e. The molecule has 0 amide bonds. The number of hydrogen-bond acceptors (Lipinski definition) is 6. The zero-order valence-corrected chi connectivity index (χ0v) is 10.8. The fraction of sp³-hybridized carbons (Fsp3) is 0.308. The number of carbonyl (C=O) groups excluding carboxylic acids is 2. The first-order chi connectivity index (χ1) is 8.97. The molecule has 19 heavy (non-hydrogen) atoms. The van der Waals surface area contributed by atoms with E-state index in [4.69, 9.17) is 19.5 Å². The zero-order chi connectivity index (χ0) is 14.4. The Kier molecular flexibility index (Phi) is 4.89. The van der Waals surface area contributed by atoms with Gasteiger partial charge in [-0.3, -0.25) is 9.59 Å². The van der Waals surface area contributed by atoms with Crippen molar-refractivity contribution < 1.29 is 23.8 Å². The van der Waals surface area contributed by atoms with Crippen LogP contribution in [0.2, 0.25) is 0 Å². The van der Waals surface area contributed by atoms with Crippen LogP contribution in [-0.2, 0) is 14.3 Å². The Morgan fingerprint density at radius 3 is 2.37 bits per heavy atom. The molecule has 0 N–H and O–H groups in total. The Labute approximate surface area is 110 Å². The number of methoxy groups -OCH3 is 1. The summed E-state index contributed by atoms with van der Waals surface area (Å²) in [7, 11) is 1.40. The van der Waals surface area contributed by atoms with E-state index in [2.05, 4.69) is 0 Å². The van der Waals surface area contributed by atoms with Gasteiger partial charge in [0.15, 0.2) is 11.5 Å². The van der Waals surface area contributed by atoms with Gasteiger partial charge in [0.05, 0.1) is 7.11 Å². The van der Waals surface area contributed by atoms with E-state index in [0.717, 1.165) is 0 Å². The van der Waals surface area contributed by atoms with Crippen LogP contribution in [0.4, 0.5) is 0 Å². The van der Waals surface area contributed by atoms with Crippen molar-refractivity contribution in [3.05, 3.63) is 23.8 Å². The smallest absolute Gasteiger partial charge is 0.308 e. The summed E-state index contributed by atoms with van der Waals surface area (Å²) in [6.07, 6.45) is -1.03. The maximum Gasteiger partial charge on any atom is 0.308 e. The number of nitriles is 1. The Morgan fingerprint density at radius 2 is 1.89 bits per heavy atom. The number of esters is 2. The van der Waals surface area contributed by atoms with Gasteiger partial charge >= 0.3 is 11.9 Å². The van der Waals surface area contributed by atoms with Crippen molar-refractivity contribution in [3.63, 3.8) is 0 Å². The Balaban J connectivity index is 3.08. The van der Waals surface area contributed by atoms with E-state index >= 15 is 0 Å². The summed E-state index contributed by atoms with van der Waals surface area (Å²) in [6, 6.07) is 6.34. The van der Waals surface area contributed by atoms with Crippen molar-refractivity contribution in [2.75, 3.05) is 7.11 Å². The molecule has 100 valence electrons. The number of rotatable bonds is 4. The fourth-order valence-electron chi connectivity index (χ4n) is 1.42.